The van der Waals surface area contributed by atoms with E-state index in [-0.39, 0.29) is 0 Å². The molecule has 2 fully saturated rings. The Morgan fingerprint density at radius 3 is 1.31 bits per heavy atom. The molecule has 0 spiro atoms. The number of hydrogen-bond acceptors (Lipinski definition) is 4. The summed E-state index contributed by atoms with van der Waals surface area (Å²) < 4.78 is 10.8. The van der Waals surface area contributed by atoms with Gasteiger partial charge in [0.2, 0.25) is 0 Å². The molecule has 0 unspecified atom stereocenters. The normalized spacial score (nSPS) is 28.9. The Balaban J connectivity index is 1.84. The van der Waals surface area contributed by atoms with Crippen molar-refractivity contribution in [2.75, 3.05) is 52.6 Å². The van der Waals surface area contributed by atoms with Gasteiger partial charge in [-0.3, -0.25) is 9.80 Å². The monoisotopic (exact) mass is 228 g/mol. The molecule has 2 aliphatic rings. The lowest BCUT2D eigenvalue weighted by Gasteiger charge is -2.41. The molecule has 4 heteroatoms. The Labute approximate surface area is 98.5 Å². The van der Waals surface area contributed by atoms with E-state index in [4.69, 9.17) is 9.47 Å². The lowest BCUT2D eigenvalue weighted by molar-refractivity contribution is -0.0268. The maximum Gasteiger partial charge on any atom is 0.0594 e. The molecule has 2 saturated heterocycles. The summed E-state index contributed by atoms with van der Waals surface area (Å²) in [4.78, 5) is 5.09. The quantitative estimate of drug-likeness (QED) is 0.699. The van der Waals surface area contributed by atoms with E-state index >= 15 is 0 Å². The highest BCUT2D eigenvalue weighted by molar-refractivity contribution is 4.82. The molecule has 94 valence electrons. The second kappa shape index (κ2) is 5.96. The van der Waals surface area contributed by atoms with Crippen molar-refractivity contribution >= 4 is 0 Å². The molecule has 2 atom stereocenters. The number of morpholine rings is 2. The Morgan fingerprint density at radius 2 is 1.00 bits per heavy atom. The van der Waals surface area contributed by atoms with Crippen LogP contribution in [0.25, 0.3) is 0 Å². The molecule has 2 aliphatic heterocycles. The molecule has 2 heterocycles. The molecule has 0 saturated carbocycles. The molecule has 0 aromatic rings. The minimum absolute atomic E-state index is 0.613. The van der Waals surface area contributed by atoms with E-state index < -0.39 is 0 Å². The maximum absolute atomic E-state index is 5.40. The van der Waals surface area contributed by atoms with Crippen molar-refractivity contribution in [3.63, 3.8) is 0 Å². The zero-order chi connectivity index (χ0) is 11.4. The molecular formula is C12H24N2O2. The van der Waals surface area contributed by atoms with Crippen LogP contribution in [0.1, 0.15) is 13.8 Å². The van der Waals surface area contributed by atoms with Gasteiger partial charge < -0.3 is 9.47 Å². The van der Waals surface area contributed by atoms with Gasteiger partial charge in [0, 0.05) is 38.3 Å². The predicted octanol–water partition coefficient (Wildman–Crippen LogP) is 0.428. The number of rotatable bonds is 3. The zero-order valence-corrected chi connectivity index (χ0v) is 10.5. The van der Waals surface area contributed by atoms with Gasteiger partial charge in [-0.05, 0) is 13.8 Å². The minimum Gasteiger partial charge on any atom is -0.379 e. The van der Waals surface area contributed by atoms with Crippen LogP contribution in [0.5, 0.6) is 0 Å². The molecule has 0 bridgehead atoms. The lowest BCUT2D eigenvalue weighted by atomic mass is 10.1. The van der Waals surface area contributed by atoms with Gasteiger partial charge in [-0.15, -0.1) is 0 Å². The topological polar surface area (TPSA) is 24.9 Å². The van der Waals surface area contributed by atoms with Crippen LogP contribution in [0.15, 0.2) is 0 Å². The second-order valence-corrected chi connectivity index (χ2v) is 4.78. The first-order valence-corrected chi connectivity index (χ1v) is 6.42. The fourth-order valence-corrected chi connectivity index (χ4v) is 2.58. The van der Waals surface area contributed by atoms with Crippen molar-refractivity contribution in [1.82, 2.24) is 9.80 Å². The molecule has 4 nitrogen and oxygen atoms in total. The number of nitrogens with zero attached hydrogens (tertiary/aromatic N) is 2. The summed E-state index contributed by atoms with van der Waals surface area (Å²) in [6, 6.07) is 1.23. The Bertz CT molecular complexity index is 179. The van der Waals surface area contributed by atoms with Crippen molar-refractivity contribution < 1.29 is 9.47 Å². The largest absolute Gasteiger partial charge is 0.379 e. The molecule has 16 heavy (non-hydrogen) atoms. The van der Waals surface area contributed by atoms with Crippen molar-refractivity contribution in [3.05, 3.63) is 0 Å². The average Bonchev–Trinajstić information content (AvgIpc) is 2.39. The van der Waals surface area contributed by atoms with Crippen LogP contribution in [-0.2, 0) is 9.47 Å². The smallest absolute Gasteiger partial charge is 0.0594 e. The van der Waals surface area contributed by atoms with Gasteiger partial charge in [-0.25, -0.2) is 0 Å². The van der Waals surface area contributed by atoms with Crippen LogP contribution < -0.4 is 0 Å². The first-order chi connectivity index (χ1) is 7.79. The van der Waals surface area contributed by atoms with Gasteiger partial charge in [0.25, 0.3) is 0 Å². The summed E-state index contributed by atoms with van der Waals surface area (Å²) >= 11 is 0. The summed E-state index contributed by atoms with van der Waals surface area (Å²) in [6.45, 7) is 12.6. The maximum atomic E-state index is 5.40. The van der Waals surface area contributed by atoms with Crippen LogP contribution in [0, 0.1) is 0 Å². The van der Waals surface area contributed by atoms with Gasteiger partial charge in [-0.2, -0.15) is 0 Å². The van der Waals surface area contributed by atoms with Crippen molar-refractivity contribution in [3.8, 4) is 0 Å². The second-order valence-electron chi connectivity index (χ2n) is 4.78. The third kappa shape index (κ3) is 2.94. The van der Waals surface area contributed by atoms with E-state index in [2.05, 4.69) is 23.6 Å². The molecule has 0 aromatic carbocycles. The van der Waals surface area contributed by atoms with Crippen LogP contribution in [0.4, 0.5) is 0 Å². The zero-order valence-electron chi connectivity index (χ0n) is 10.5. The van der Waals surface area contributed by atoms with E-state index in [0.717, 1.165) is 52.6 Å². The van der Waals surface area contributed by atoms with Crippen molar-refractivity contribution in [2.24, 2.45) is 0 Å². The van der Waals surface area contributed by atoms with E-state index in [1.807, 2.05) is 0 Å². The third-order valence-corrected chi connectivity index (χ3v) is 3.94. The summed E-state index contributed by atoms with van der Waals surface area (Å²) in [5.41, 5.74) is 0. The Hall–Kier alpha value is -0.160. The average molecular weight is 228 g/mol. The molecule has 2 rings (SSSR count). The Kier molecular flexibility index (Phi) is 4.58. The van der Waals surface area contributed by atoms with Gasteiger partial charge in [0.1, 0.15) is 0 Å². The highest BCUT2D eigenvalue weighted by Gasteiger charge is 2.27. The first kappa shape index (κ1) is 12.3. The summed E-state index contributed by atoms with van der Waals surface area (Å²) in [5, 5.41) is 0. The van der Waals surface area contributed by atoms with E-state index in [0.29, 0.717) is 12.1 Å². The summed E-state index contributed by atoms with van der Waals surface area (Å²) in [6.07, 6.45) is 0. The van der Waals surface area contributed by atoms with Gasteiger partial charge >= 0.3 is 0 Å². The Morgan fingerprint density at radius 1 is 0.688 bits per heavy atom. The highest BCUT2D eigenvalue weighted by atomic mass is 16.5. The van der Waals surface area contributed by atoms with Gasteiger partial charge in [-0.1, -0.05) is 0 Å². The minimum atomic E-state index is 0.613. The lowest BCUT2D eigenvalue weighted by Crippen LogP contribution is -2.54. The predicted molar refractivity (Wildman–Crippen MR) is 63.7 cm³/mol. The molecule has 0 N–H and O–H groups in total. The third-order valence-electron chi connectivity index (χ3n) is 3.94. The summed E-state index contributed by atoms with van der Waals surface area (Å²) in [5.74, 6) is 0. The van der Waals surface area contributed by atoms with Gasteiger partial charge in [0.05, 0.1) is 26.4 Å². The van der Waals surface area contributed by atoms with Crippen LogP contribution in [0.3, 0.4) is 0 Å². The van der Waals surface area contributed by atoms with Crippen LogP contribution >= 0.6 is 0 Å². The molecule has 0 aliphatic carbocycles. The van der Waals surface area contributed by atoms with Crippen LogP contribution in [-0.4, -0.2) is 74.5 Å². The van der Waals surface area contributed by atoms with Gasteiger partial charge in [0.15, 0.2) is 0 Å². The fraction of sp³-hybridized carbons (Fsp3) is 1.00. The standard InChI is InChI=1S/C12H24N2O2/c1-11(13-3-7-15-8-4-13)12(2)14-5-9-16-10-6-14/h11-12H,3-10H2,1-2H3/t11-,12-/m0/s1. The molecule has 0 amide bonds. The van der Waals surface area contributed by atoms with Crippen molar-refractivity contribution in [1.29, 1.82) is 0 Å². The molecule has 0 aromatic heterocycles. The van der Waals surface area contributed by atoms with Crippen LogP contribution in [0.2, 0.25) is 0 Å². The van der Waals surface area contributed by atoms with E-state index in [1.54, 1.807) is 0 Å². The van der Waals surface area contributed by atoms with E-state index in [9.17, 15) is 0 Å². The molecular weight excluding hydrogens is 204 g/mol. The SMILES string of the molecule is C[C@@H]([C@H](C)N1CCOCC1)N1CCOCC1. The summed E-state index contributed by atoms with van der Waals surface area (Å²) in [7, 11) is 0. The fourth-order valence-electron chi connectivity index (χ4n) is 2.58. The number of ether oxygens (including phenoxy) is 2. The van der Waals surface area contributed by atoms with Crippen molar-refractivity contribution in [2.45, 2.75) is 25.9 Å². The van der Waals surface area contributed by atoms with E-state index in [1.165, 1.54) is 0 Å². The molecule has 0 radical (unpaired) electrons. The number of hydrogen-bond donors (Lipinski definition) is 0. The highest BCUT2D eigenvalue weighted by Crippen LogP contribution is 2.14. The first-order valence-electron chi connectivity index (χ1n) is 6.42.